The molecule has 0 spiro atoms. The van der Waals surface area contributed by atoms with E-state index in [0.717, 1.165) is 31.0 Å². The van der Waals surface area contributed by atoms with Crippen molar-refractivity contribution in [3.05, 3.63) is 78.1 Å². The van der Waals surface area contributed by atoms with Crippen LogP contribution in [-0.4, -0.2) is 44.6 Å². The van der Waals surface area contributed by atoms with Crippen LogP contribution in [0.5, 0.6) is 0 Å². The van der Waals surface area contributed by atoms with Crippen molar-refractivity contribution < 1.29 is 4.79 Å². The molecule has 1 aromatic heterocycles. The first-order valence-corrected chi connectivity index (χ1v) is 9.80. The molecule has 0 saturated carbocycles. The van der Waals surface area contributed by atoms with Crippen LogP contribution in [0.4, 0.5) is 0 Å². The van der Waals surface area contributed by atoms with E-state index >= 15 is 0 Å². The summed E-state index contributed by atoms with van der Waals surface area (Å²) >= 11 is 1.92. The second-order valence-electron chi connectivity index (χ2n) is 6.21. The lowest BCUT2D eigenvalue weighted by Gasteiger charge is -2.19. The molecule has 26 heavy (non-hydrogen) atoms. The summed E-state index contributed by atoms with van der Waals surface area (Å²) in [5.74, 6) is 0.888. The Morgan fingerprint density at radius 2 is 1.73 bits per heavy atom. The van der Waals surface area contributed by atoms with Crippen LogP contribution < -0.4 is 0 Å². The second-order valence-corrected chi connectivity index (χ2v) is 7.52. The number of benzene rings is 2. The molecular formula is C20H20N4OS. The lowest BCUT2D eigenvalue weighted by atomic mass is 10.1. The van der Waals surface area contributed by atoms with Crippen LogP contribution in [0.3, 0.4) is 0 Å². The SMILES string of the molecule is O=C(c1cnn(-c2ccccc2)n1)N1CCS[C@H](c2ccccc2)CC1. The van der Waals surface area contributed by atoms with Crippen LogP contribution in [0.15, 0.2) is 66.9 Å². The molecule has 1 amide bonds. The molecule has 6 heteroatoms. The lowest BCUT2D eigenvalue weighted by Crippen LogP contribution is -2.33. The molecule has 0 N–H and O–H groups in total. The Morgan fingerprint density at radius 1 is 1.00 bits per heavy atom. The van der Waals surface area contributed by atoms with Crippen LogP contribution in [0.25, 0.3) is 5.69 Å². The van der Waals surface area contributed by atoms with Gasteiger partial charge in [-0.1, -0.05) is 48.5 Å². The van der Waals surface area contributed by atoms with Crippen molar-refractivity contribution in [1.29, 1.82) is 0 Å². The van der Waals surface area contributed by atoms with Gasteiger partial charge in [-0.05, 0) is 24.1 Å². The quantitative estimate of drug-likeness (QED) is 0.713. The van der Waals surface area contributed by atoms with E-state index in [4.69, 9.17) is 0 Å². The third-order valence-electron chi connectivity index (χ3n) is 4.50. The predicted molar refractivity (Wildman–Crippen MR) is 104 cm³/mol. The fourth-order valence-corrected chi connectivity index (χ4v) is 4.35. The molecule has 2 aromatic carbocycles. The average molecular weight is 364 g/mol. The molecule has 0 aliphatic carbocycles. The zero-order chi connectivity index (χ0) is 17.8. The monoisotopic (exact) mass is 364 g/mol. The summed E-state index contributed by atoms with van der Waals surface area (Å²) < 4.78 is 0. The molecular weight excluding hydrogens is 344 g/mol. The highest BCUT2D eigenvalue weighted by molar-refractivity contribution is 7.99. The molecule has 5 nitrogen and oxygen atoms in total. The summed E-state index contributed by atoms with van der Waals surface area (Å²) in [7, 11) is 0. The molecule has 1 atom stereocenters. The Morgan fingerprint density at radius 3 is 2.50 bits per heavy atom. The van der Waals surface area contributed by atoms with Crippen molar-refractivity contribution >= 4 is 17.7 Å². The molecule has 1 fully saturated rings. The minimum absolute atomic E-state index is 0.0403. The zero-order valence-electron chi connectivity index (χ0n) is 14.4. The molecule has 3 aromatic rings. The van der Waals surface area contributed by atoms with Gasteiger partial charge in [0.05, 0.1) is 11.9 Å². The fourth-order valence-electron chi connectivity index (χ4n) is 3.12. The maximum absolute atomic E-state index is 12.8. The van der Waals surface area contributed by atoms with Crippen molar-refractivity contribution in [3.8, 4) is 5.69 Å². The smallest absolute Gasteiger partial charge is 0.276 e. The summed E-state index contributed by atoms with van der Waals surface area (Å²) in [6.45, 7) is 1.48. The van der Waals surface area contributed by atoms with Gasteiger partial charge >= 0.3 is 0 Å². The van der Waals surface area contributed by atoms with Crippen molar-refractivity contribution in [2.45, 2.75) is 11.7 Å². The second kappa shape index (κ2) is 7.74. The fraction of sp³-hybridized carbons (Fsp3) is 0.250. The van der Waals surface area contributed by atoms with Gasteiger partial charge in [-0.3, -0.25) is 4.79 Å². The number of nitrogens with zero attached hydrogens (tertiary/aromatic N) is 4. The zero-order valence-corrected chi connectivity index (χ0v) is 15.2. The highest BCUT2D eigenvalue weighted by atomic mass is 32.2. The van der Waals surface area contributed by atoms with E-state index in [0.29, 0.717) is 10.9 Å². The van der Waals surface area contributed by atoms with Crippen LogP contribution in [0, 0.1) is 0 Å². The van der Waals surface area contributed by atoms with E-state index in [1.165, 1.54) is 10.4 Å². The van der Waals surface area contributed by atoms with E-state index in [-0.39, 0.29) is 5.91 Å². The molecule has 1 aliphatic rings. The number of hydrogen-bond donors (Lipinski definition) is 0. The first kappa shape index (κ1) is 16.8. The molecule has 1 saturated heterocycles. The van der Waals surface area contributed by atoms with Gasteiger partial charge in [-0.15, -0.1) is 5.10 Å². The standard InChI is InChI=1S/C20H20N4OS/c25-20(18-15-21-24(22-18)17-9-5-2-6-10-17)23-12-11-19(26-14-13-23)16-7-3-1-4-8-16/h1-10,15,19H,11-14H2/t19-/m0/s1. The highest BCUT2D eigenvalue weighted by Crippen LogP contribution is 2.34. The number of carbonyl (C=O) groups excluding carboxylic acids is 1. The van der Waals surface area contributed by atoms with E-state index in [9.17, 15) is 4.79 Å². The molecule has 4 rings (SSSR count). The van der Waals surface area contributed by atoms with E-state index < -0.39 is 0 Å². The number of hydrogen-bond acceptors (Lipinski definition) is 4. The van der Waals surface area contributed by atoms with Gasteiger partial charge in [0, 0.05) is 24.1 Å². The van der Waals surface area contributed by atoms with Crippen LogP contribution >= 0.6 is 11.8 Å². The van der Waals surface area contributed by atoms with Gasteiger partial charge in [-0.2, -0.15) is 21.7 Å². The maximum Gasteiger partial charge on any atom is 0.276 e. The van der Waals surface area contributed by atoms with Gasteiger partial charge in [0.25, 0.3) is 5.91 Å². The van der Waals surface area contributed by atoms with Gasteiger partial charge in [0.15, 0.2) is 5.69 Å². The summed E-state index contributed by atoms with van der Waals surface area (Å²) in [5.41, 5.74) is 2.58. The Balaban J connectivity index is 1.45. The first-order valence-electron chi connectivity index (χ1n) is 8.75. The summed E-state index contributed by atoms with van der Waals surface area (Å²) in [5, 5.41) is 9.05. The predicted octanol–water partition coefficient (Wildman–Crippen LogP) is 3.59. The largest absolute Gasteiger partial charge is 0.336 e. The lowest BCUT2D eigenvalue weighted by molar-refractivity contribution is 0.0760. The van der Waals surface area contributed by atoms with Gasteiger partial charge in [-0.25, -0.2) is 0 Å². The Hall–Kier alpha value is -2.60. The number of rotatable bonds is 3. The minimum Gasteiger partial charge on any atom is -0.336 e. The topological polar surface area (TPSA) is 51.0 Å². The maximum atomic E-state index is 12.8. The number of carbonyl (C=O) groups is 1. The molecule has 1 aliphatic heterocycles. The van der Waals surface area contributed by atoms with Crippen molar-refractivity contribution in [2.75, 3.05) is 18.8 Å². The van der Waals surface area contributed by atoms with Crippen molar-refractivity contribution in [2.24, 2.45) is 0 Å². The Kier molecular flexibility index (Phi) is 5.02. The highest BCUT2D eigenvalue weighted by Gasteiger charge is 2.24. The molecule has 132 valence electrons. The third-order valence-corrected chi connectivity index (χ3v) is 5.83. The first-order chi connectivity index (χ1) is 12.8. The third kappa shape index (κ3) is 3.65. The van der Waals surface area contributed by atoms with Crippen molar-refractivity contribution in [1.82, 2.24) is 19.9 Å². The van der Waals surface area contributed by atoms with Crippen LogP contribution in [-0.2, 0) is 0 Å². The number of para-hydroxylation sites is 1. The molecule has 0 radical (unpaired) electrons. The van der Waals surface area contributed by atoms with Gasteiger partial charge in [0.2, 0.25) is 0 Å². The van der Waals surface area contributed by atoms with E-state index in [1.807, 2.05) is 53.1 Å². The molecule has 0 unspecified atom stereocenters. The van der Waals surface area contributed by atoms with Gasteiger partial charge in [0.1, 0.15) is 0 Å². The molecule has 2 heterocycles. The summed E-state index contributed by atoms with van der Waals surface area (Å²) in [4.78, 5) is 16.2. The summed E-state index contributed by atoms with van der Waals surface area (Å²) in [6, 6.07) is 20.2. The van der Waals surface area contributed by atoms with Crippen LogP contribution in [0.1, 0.15) is 27.7 Å². The van der Waals surface area contributed by atoms with Crippen LogP contribution in [0.2, 0.25) is 0 Å². The molecule has 0 bridgehead atoms. The van der Waals surface area contributed by atoms with E-state index in [1.54, 1.807) is 6.20 Å². The van der Waals surface area contributed by atoms with E-state index in [2.05, 4.69) is 34.5 Å². The average Bonchev–Trinajstić information content (AvgIpc) is 3.07. The van der Waals surface area contributed by atoms with Crippen molar-refractivity contribution in [3.63, 3.8) is 0 Å². The Bertz CT molecular complexity index is 866. The normalized spacial score (nSPS) is 17.7. The number of amides is 1. The minimum atomic E-state index is -0.0403. The number of aromatic nitrogens is 3. The van der Waals surface area contributed by atoms with Gasteiger partial charge < -0.3 is 4.90 Å². The number of thioether (sulfide) groups is 1. The summed E-state index contributed by atoms with van der Waals surface area (Å²) in [6.07, 6.45) is 2.51. The Labute approximate surface area is 157 Å².